The van der Waals surface area contributed by atoms with Crippen LogP contribution in [0.4, 0.5) is 0 Å². The van der Waals surface area contributed by atoms with Crippen LogP contribution in [-0.2, 0) is 11.3 Å². The number of benzene rings is 1. The van der Waals surface area contributed by atoms with Gasteiger partial charge in [-0.15, -0.1) is 0 Å². The Hall–Kier alpha value is -1.82. The summed E-state index contributed by atoms with van der Waals surface area (Å²) in [7, 11) is 3.46. The van der Waals surface area contributed by atoms with Crippen LogP contribution in [0.2, 0.25) is 0 Å². The Morgan fingerprint density at radius 3 is 2.62 bits per heavy atom. The van der Waals surface area contributed by atoms with Gasteiger partial charge in [0.05, 0.1) is 13.7 Å². The normalized spacial score (nSPS) is 13.4. The van der Waals surface area contributed by atoms with E-state index in [-0.39, 0.29) is 12.5 Å². The molecule has 0 aromatic heterocycles. The van der Waals surface area contributed by atoms with Crippen molar-refractivity contribution in [2.75, 3.05) is 20.7 Å². The average Bonchev–Trinajstić information content (AvgIpc) is 3.28. The maximum absolute atomic E-state index is 11.7. The lowest BCUT2D eigenvalue weighted by Crippen LogP contribution is -2.43. The number of hydrogen-bond acceptors (Lipinski definition) is 3. The molecule has 2 N–H and O–H groups in total. The second-order valence-electron chi connectivity index (χ2n) is 5.20. The maximum Gasteiger partial charge on any atom is 0.239 e. The van der Waals surface area contributed by atoms with E-state index in [4.69, 9.17) is 17.0 Å². The van der Waals surface area contributed by atoms with Gasteiger partial charge >= 0.3 is 0 Å². The molecule has 1 aromatic rings. The van der Waals surface area contributed by atoms with Crippen molar-refractivity contribution in [3.8, 4) is 5.75 Å². The minimum absolute atomic E-state index is 0.0218. The number of nitrogens with zero attached hydrogens (tertiary/aromatic N) is 1. The van der Waals surface area contributed by atoms with Gasteiger partial charge in [0.15, 0.2) is 5.11 Å². The zero-order chi connectivity index (χ0) is 15.2. The summed E-state index contributed by atoms with van der Waals surface area (Å²) in [6, 6.07) is 8.16. The highest BCUT2D eigenvalue weighted by atomic mass is 32.1. The van der Waals surface area contributed by atoms with Crippen molar-refractivity contribution >= 4 is 23.2 Å². The van der Waals surface area contributed by atoms with Gasteiger partial charge in [-0.05, 0) is 42.8 Å². The quantitative estimate of drug-likeness (QED) is 0.776. The molecule has 0 atom stereocenters. The molecule has 0 unspecified atom stereocenters. The molecular formula is C15H21N3O2S. The Morgan fingerprint density at radius 1 is 1.38 bits per heavy atom. The van der Waals surface area contributed by atoms with E-state index in [1.807, 2.05) is 31.3 Å². The highest BCUT2D eigenvalue weighted by molar-refractivity contribution is 7.80. The standard InChI is InChI=1S/C15H21N3O2S/c1-18(10-14(19)17-12-5-6-12)15(21)16-9-11-3-7-13(20-2)8-4-11/h3-4,7-8,12H,5-6,9-10H2,1-2H3,(H,16,21)(H,17,19). The summed E-state index contributed by atoms with van der Waals surface area (Å²) in [6.45, 7) is 0.905. The van der Waals surface area contributed by atoms with Crippen LogP contribution >= 0.6 is 12.2 Å². The van der Waals surface area contributed by atoms with Gasteiger partial charge in [0.25, 0.3) is 0 Å². The van der Waals surface area contributed by atoms with Gasteiger partial charge in [-0.1, -0.05) is 12.1 Å². The summed E-state index contributed by atoms with van der Waals surface area (Å²) in [4.78, 5) is 13.4. The Labute approximate surface area is 130 Å². The van der Waals surface area contributed by atoms with Crippen molar-refractivity contribution < 1.29 is 9.53 Å². The molecule has 0 bridgehead atoms. The number of carbonyl (C=O) groups is 1. The van der Waals surface area contributed by atoms with Gasteiger partial charge in [0.2, 0.25) is 5.91 Å². The average molecular weight is 307 g/mol. The molecule has 21 heavy (non-hydrogen) atoms. The molecule has 1 aliphatic rings. The molecule has 2 rings (SSSR count). The summed E-state index contributed by atoms with van der Waals surface area (Å²) in [6.07, 6.45) is 2.19. The third-order valence-corrected chi connectivity index (χ3v) is 3.73. The molecule has 114 valence electrons. The van der Waals surface area contributed by atoms with Crippen LogP contribution in [-0.4, -0.2) is 42.7 Å². The molecule has 0 aliphatic heterocycles. The van der Waals surface area contributed by atoms with E-state index < -0.39 is 0 Å². The van der Waals surface area contributed by atoms with Crippen LogP contribution in [0, 0.1) is 0 Å². The number of likely N-dealkylation sites (N-methyl/N-ethyl adjacent to an activating group) is 1. The third-order valence-electron chi connectivity index (χ3n) is 3.27. The molecule has 6 heteroatoms. The first-order chi connectivity index (χ1) is 10.1. The fourth-order valence-corrected chi connectivity index (χ4v) is 1.98. The summed E-state index contributed by atoms with van der Waals surface area (Å²) < 4.78 is 5.11. The number of amides is 1. The Balaban J connectivity index is 1.72. The number of nitrogens with one attached hydrogen (secondary N) is 2. The van der Waals surface area contributed by atoms with Crippen molar-refractivity contribution in [1.29, 1.82) is 0 Å². The van der Waals surface area contributed by atoms with E-state index in [9.17, 15) is 4.79 Å². The van der Waals surface area contributed by atoms with Crippen molar-refractivity contribution in [2.45, 2.75) is 25.4 Å². The van der Waals surface area contributed by atoms with E-state index in [0.29, 0.717) is 17.7 Å². The van der Waals surface area contributed by atoms with Gasteiger partial charge in [-0.25, -0.2) is 0 Å². The Bertz CT molecular complexity index is 500. The number of rotatable bonds is 6. The molecule has 1 aromatic carbocycles. The van der Waals surface area contributed by atoms with Crippen LogP contribution in [0.1, 0.15) is 18.4 Å². The second-order valence-corrected chi connectivity index (χ2v) is 5.59. The van der Waals surface area contributed by atoms with Gasteiger partial charge in [-0.2, -0.15) is 0 Å². The molecule has 0 saturated heterocycles. The summed E-state index contributed by atoms with van der Waals surface area (Å²) in [5.74, 6) is 0.851. The first-order valence-electron chi connectivity index (χ1n) is 6.99. The lowest BCUT2D eigenvalue weighted by atomic mass is 10.2. The molecule has 1 amide bonds. The zero-order valence-corrected chi connectivity index (χ0v) is 13.2. The first-order valence-corrected chi connectivity index (χ1v) is 7.40. The minimum Gasteiger partial charge on any atom is -0.497 e. The monoisotopic (exact) mass is 307 g/mol. The minimum atomic E-state index is 0.0218. The zero-order valence-electron chi connectivity index (χ0n) is 12.4. The van der Waals surface area contributed by atoms with Gasteiger partial charge < -0.3 is 20.3 Å². The molecule has 1 fully saturated rings. The molecule has 0 heterocycles. The largest absolute Gasteiger partial charge is 0.497 e. The maximum atomic E-state index is 11.7. The topological polar surface area (TPSA) is 53.6 Å². The lowest BCUT2D eigenvalue weighted by molar-refractivity contribution is -0.121. The van der Waals surface area contributed by atoms with Crippen molar-refractivity contribution in [2.24, 2.45) is 0 Å². The van der Waals surface area contributed by atoms with Crippen LogP contribution in [0.5, 0.6) is 5.75 Å². The number of methoxy groups -OCH3 is 1. The Morgan fingerprint density at radius 2 is 2.05 bits per heavy atom. The van der Waals surface area contributed by atoms with E-state index in [2.05, 4.69) is 10.6 Å². The summed E-state index contributed by atoms with van der Waals surface area (Å²) in [5, 5.41) is 6.66. The molecule has 1 saturated carbocycles. The van der Waals surface area contributed by atoms with Crippen LogP contribution < -0.4 is 15.4 Å². The highest BCUT2D eigenvalue weighted by Crippen LogP contribution is 2.18. The van der Waals surface area contributed by atoms with E-state index in [0.717, 1.165) is 24.2 Å². The highest BCUT2D eigenvalue weighted by Gasteiger charge is 2.23. The summed E-state index contributed by atoms with van der Waals surface area (Å²) >= 11 is 5.28. The van der Waals surface area contributed by atoms with E-state index in [1.165, 1.54) is 0 Å². The van der Waals surface area contributed by atoms with E-state index >= 15 is 0 Å². The van der Waals surface area contributed by atoms with Gasteiger partial charge in [0.1, 0.15) is 5.75 Å². The van der Waals surface area contributed by atoms with Gasteiger partial charge in [0, 0.05) is 19.6 Å². The first kappa shape index (κ1) is 15.6. The Kier molecular flexibility index (Phi) is 5.38. The fourth-order valence-electron chi connectivity index (χ4n) is 1.84. The third kappa shape index (κ3) is 5.23. The number of ether oxygens (including phenoxy) is 1. The fraction of sp³-hybridized carbons (Fsp3) is 0.467. The molecule has 0 spiro atoms. The van der Waals surface area contributed by atoms with E-state index in [1.54, 1.807) is 12.0 Å². The van der Waals surface area contributed by atoms with Crippen molar-refractivity contribution in [1.82, 2.24) is 15.5 Å². The smallest absolute Gasteiger partial charge is 0.239 e. The SMILES string of the molecule is COc1ccc(CNC(=S)N(C)CC(=O)NC2CC2)cc1. The predicted molar refractivity (Wildman–Crippen MR) is 86.2 cm³/mol. The number of thiocarbonyl (C=S) groups is 1. The lowest BCUT2D eigenvalue weighted by Gasteiger charge is -2.20. The molecule has 5 nitrogen and oxygen atoms in total. The summed E-state index contributed by atoms with van der Waals surface area (Å²) in [5.41, 5.74) is 1.11. The van der Waals surface area contributed by atoms with Crippen LogP contribution in [0.15, 0.2) is 24.3 Å². The predicted octanol–water partition coefficient (Wildman–Crippen LogP) is 1.28. The van der Waals surface area contributed by atoms with Crippen molar-refractivity contribution in [3.05, 3.63) is 29.8 Å². The molecule has 0 radical (unpaired) electrons. The molecular weight excluding hydrogens is 286 g/mol. The molecule has 1 aliphatic carbocycles. The second kappa shape index (κ2) is 7.26. The van der Waals surface area contributed by atoms with Gasteiger partial charge in [-0.3, -0.25) is 4.79 Å². The van der Waals surface area contributed by atoms with Crippen molar-refractivity contribution in [3.63, 3.8) is 0 Å². The number of hydrogen-bond donors (Lipinski definition) is 2. The number of carbonyl (C=O) groups excluding carboxylic acids is 1. The van der Waals surface area contributed by atoms with Crippen LogP contribution in [0.25, 0.3) is 0 Å². The van der Waals surface area contributed by atoms with Crippen LogP contribution in [0.3, 0.4) is 0 Å².